The summed E-state index contributed by atoms with van der Waals surface area (Å²) >= 11 is 0. The van der Waals surface area contributed by atoms with Gasteiger partial charge in [-0.3, -0.25) is 4.79 Å². The van der Waals surface area contributed by atoms with Crippen molar-refractivity contribution in [2.24, 2.45) is 5.73 Å². The van der Waals surface area contributed by atoms with Crippen molar-refractivity contribution in [2.75, 3.05) is 0 Å². The molecule has 6 nitrogen and oxygen atoms in total. The van der Waals surface area contributed by atoms with Crippen LogP contribution in [0, 0.1) is 0 Å². The van der Waals surface area contributed by atoms with Crippen molar-refractivity contribution in [1.82, 2.24) is 15.5 Å². The van der Waals surface area contributed by atoms with Crippen LogP contribution in [0.5, 0.6) is 0 Å². The van der Waals surface area contributed by atoms with Gasteiger partial charge in [0.05, 0.1) is 6.04 Å². The summed E-state index contributed by atoms with van der Waals surface area (Å²) in [4.78, 5) is 15.6. The average Bonchev–Trinajstić information content (AvgIpc) is 2.95. The first-order valence-corrected chi connectivity index (χ1v) is 7.23. The zero-order chi connectivity index (χ0) is 16.3. The largest absolute Gasteiger partial charge is 0.366 e. The lowest BCUT2D eigenvalue weighted by Crippen LogP contribution is -2.20. The molecule has 3 N–H and O–H groups in total. The first kappa shape index (κ1) is 16.2. The van der Waals surface area contributed by atoms with Gasteiger partial charge in [-0.15, -0.1) is 0 Å². The molecule has 1 unspecified atom stereocenters. The third kappa shape index (κ3) is 3.92. The van der Waals surface area contributed by atoms with Crippen LogP contribution in [0.25, 0.3) is 0 Å². The topological polar surface area (TPSA) is 94.0 Å². The SMILES string of the molecule is CC(NCc1cccc(C(N)=O)c1)c1nc(C(C)(C)C)no1. The number of nitrogens with two attached hydrogens (primary N) is 1. The lowest BCUT2D eigenvalue weighted by Gasteiger charge is -2.12. The van der Waals surface area contributed by atoms with Crippen molar-refractivity contribution in [1.29, 1.82) is 0 Å². The van der Waals surface area contributed by atoms with Crippen LogP contribution >= 0.6 is 0 Å². The molecule has 1 atom stereocenters. The molecule has 1 amide bonds. The third-order valence-electron chi connectivity index (χ3n) is 3.31. The van der Waals surface area contributed by atoms with Gasteiger partial charge in [0, 0.05) is 17.5 Å². The van der Waals surface area contributed by atoms with Crippen LogP contribution in [0.4, 0.5) is 0 Å². The molecule has 0 aliphatic carbocycles. The second-order valence-corrected chi connectivity index (χ2v) is 6.37. The number of hydrogen-bond donors (Lipinski definition) is 2. The van der Waals surface area contributed by atoms with Gasteiger partial charge in [0.2, 0.25) is 11.8 Å². The van der Waals surface area contributed by atoms with Gasteiger partial charge in [0.15, 0.2) is 5.82 Å². The van der Waals surface area contributed by atoms with Crippen molar-refractivity contribution >= 4 is 5.91 Å². The normalized spacial score (nSPS) is 13.1. The quantitative estimate of drug-likeness (QED) is 0.884. The number of primary amides is 1. The minimum Gasteiger partial charge on any atom is -0.366 e. The zero-order valence-corrected chi connectivity index (χ0v) is 13.4. The highest BCUT2D eigenvalue weighted by Crippen LogP contribution is 2.20. The molecule has 0 fully saturated rings. The van der Waals surface area contributed by atoms with Crippen LogP contribution in [0.2, 0.25) is 0 Å². The number of benzene rings is 1. The second kappa shape index (κ2) is 6.27. The van der Waals surface area contributed by atoms with E-state index in [0.29, 0.717) is 23.8 Å². The predicted molar refractivity (Wildman–Crippen MR) is 83.2 cm³/mol. The fourth-order valence-corrected chi connectivity index (χ4v) is 1.91. The van der Waals surface area contributed by atoms with Crippen LogP contribution in [-0.4, -0.2) is 16.0 Å². The molecule has 1 aromatic carbocycles. The number of amides is 1. The summed E-state index contributed by atoms with van der Waals surface area (Å²) in [5, 5.41) is 7.31. The average molecular weight is 302 g/mol. The minimum atomic E-state index is -0.429. The molecular weight excluding hydrogens is 280 g/mol. The van der Waals surface area contributed by atoms with Crippen molar-refractivity contribution in [3.8, 4) is 0 Å². The number of hydrogen-bond acceptors (Lipinski definition) is 5. The molecule has 22 heavy (non-hydrogen) atoms. The summed E-state index contributed by atoms with van der Waals surface area (Å²) in [5.41, 5.74) is 6.61. The first-order valence-electron chi connectivity index (χ1n) is 7.23. The molecule has 0 bridgehead atoms. The van der Waals surface area contributed by atoms with E-state index in [1.165, 1.54) is 0 Å². The standard InChI is InChI=1S/C16H22N4O2/c1-10(14-19-15(20-22-14)16(2,3)4)18-9-11-6-5-7-12(8-11)13(17)21/h5-8,10,18H,9H2,1-4H3,(H2,17,21). The number of nitrogens with one attached hydrogen (secondary N) is 1. The first-order chi connectivity index (χ1) is 10.3. The van der Waals surface area contributed by atoms with Gasteiger partial charge >= 0.3 is 0 Å². The Morgan fingerprint density at radius 2 is 2.14 bits per heavy atom. The van der Waals surface area contributed by atoms with Crippen LogP contribution in [0.1, 0.15) is 61.4 Å². The Balaban J connectivity index is 2.01. The zero-order valence-electron chi connectivity index (χ0n) is 13.4. The number of carbonyl (C=O) groups is 1. The Morgan fingerprint density at radius 1 is 1.41 bits per heavy atom. The van der Waals surface area contributed by atoms with Gasteiger partial charge in [-0.25, -0.2) is 0 Å². The number of nitrogens with zero attached hydrogens (tertiary/aromatic N) is 2. The van der Waals surface area contributed by atoms with Crippen LogP contribution < -0.4 is 11.1 Å². The van der Waals surface area contributed by atoms with Gasteiger partial charge < -0.3 is 15.6 Å². The fourth-order valence-electron chi connectivity index (χ4n) is 1.91. The molecule has 0 aliphatic heterocycles. The third-order valence-corrected chi connectivity index (χ3v) is 3.31. The van der Waals surface area contributed by atoms with Crippen LogP contribution in [0.3, 0.4) is 0 Å². The van der Waals surface area contributed by atoms with E-state index in [1.807, 2.05) is 39.8 Å². The summed E-state index contributed by atoms with van der Waals surface area (Å²) < 4.78 is 5.31. The smallest absolute Gasteiger partial charge is 0.248 e. The van der Waals surface area contributed by atoms with Crippen LogP contribution in [-0.2, 0) is 12.0 Å². The summed E-state index contributed by atoms with van der Waals surface area (Å²) in [6.45, 7) is 8.65. The van der Waals surface area contributed by atoms with E-state index >= 15 is 0 Å². The summed E-state index contributed by atoms with van der Waals surface area (Å²) in [5.74, 6) is 0.810. The lowest BCUT2D eigenvalue weighted by molar-refractivity contribution is 0.1000. The van der Waals surface area contributed by atoms with Gasteiger partial charge in [0.25, 0.3) is 0 Å². The van der Waals surface area contributed by atoms with Gasteiger partial charge in [0.1, 0.15) is 0 Å². The Bertz CT molecular complexity index is 658. The molecule has 2 aromatic rings. The van der Waals surface area contributed by atoms with Crippen molar-refractivity contribution in [3.63, 3.8) is 0 Å². The van der Waals surface area contributed by atoms with E-state index in [9.17, 15) is 4.79 Å². The molecule has 6 heteroatoms. The molecule has 0 spiro atoms. The number of rotatable bonds is 5. The molecule has 0 saturated carbocycles. The number of aromatic nitrogens is 2. The monoisotopic (exact) mass is 302 g/mol. The number of carbonyl (C=O) groups excluding carboxylic acids is 1. The van der Waals surface area contributed by atoms with E-state index in [-0.39, 0.29) is 11.5 Å². The highest BCUT2D eigenvalue weighted by molar-refractivity contribution is 5.92. The molecule has 118 valence electrons. The molecule has 0 aliphatic rings. The van der Waals surface area contributed by atoms with E-state index < -0.39 is 5.91 Å². The van der Waals surface area contributed by atoms with E-state index in [0.717, 1.165) is 5.56 Å². The maximum absolute atomic E-state index is 11.2. The molecule has 1 heterocycles. The highest BCUT2D eigenvalue weighted by Gasteiger charge is 2.22. The van der Waals surface area contributed by atoms with Gasteiger partial charge in [-0.2, -0.15) is 4.98 Å². The van der Waals surface area contributed by atoms with Gasteiger partial charge in [-0.05, 0) is 24.6 Å². The predicted octanol–water partition coefficient (Wildman–Crippen LogP) is 2.32. The maximum Gasteiger partial charge on any atom is 0.248 e. The minimum absolute atomic E-state index is 0.0826. The van der Waals surface area contributed by atoms with E-state index in [2.05, 4.69) is 15.5 Å². The Labute approximate surface area is 130 Å². The molecule has 0 radical (unpaired) electrons. The summed E-state index contributed by atoms with van der Waals surface area (Å²) in [6, 6.07) is 7.13. The Kier molecular flexibility index (Phi) is 4.61. The highest BCUT2D eigenvalue weighted by atomic mass is 16.5. The lowest BCUT2D eigenvalue weighted by atomic mass is 9.96. The van der Waals surface area contributed by atoms with Crippen molar-refractivity contribution < 1.29 is 9.32 Å². The fraction of sp³-hybridized carbons (Fsp3) is 0.438. The molecule has 0 saturated heterocycles. The second-order valence-electron chi connectivity index (χ2n) is 6.37. The molecule has 2 rings (SSSR count). The Hall–Kier alpha value is -2.21. The van der Waals surface area contributed by atoms with Crippen LogP contribution in [0.15, 0.2) is 28.8 Å². The van der Waals surface area contributed by atoms with E-state index in [1.54, 1.807) is 12.1 Å². The molecule has 1 aromatic heterocycles. The Morgan fingerprint density at radius 3 is 2.73 bits per heavy atom. The summed E-state index contributed by atoms with van der Waals surface area (Å²) in [6.07, 6.45) is 0. The summed E-state index contributed by atoms with van der Waals surface area (Å²) in [7, 11) is 0. The van der Waals surface area contributed by atoms with Crippen molar-refractivity contribution in [3.05, 3.63) is 47.1 Å². The van der Waals surface area contributed by atoms with Crippen molar-refractivity contribution in [2.45, 2.75) is 45.7 Å². The van der Waals surface area contributed by atoms with Gasteiger partial charge in [-0.1, -0.05) is 38.1 Å². The van der Waals surface area contributed by atoms with E-state index in [4.69, 9.17) is 10.3 Å². The molecular formula is C16H22N4O2. The maximum atomic E-state index is 11.2.